The molecule has 2 aliphatic heterocycles. The monoisotopic (exact) mass is 296 g/mol. The predicted molar refractivity (Wildman–Crippen MR) is 77.1 cm³/mol. The molecule has 3 atom stereocenters. The third kappa shape index (κ3) is 2.12. The number of benzene rings is 1. The molecule has 20 heavy (non-hydrogen) atoms. The van der Waals surface area contributed by atoms with Crippen molar-refractivity contribution in [1.29, 1.82) is 0 Å². The fourth-order valence-electron chi connectivity index (χ4n) is 3.15. The second-order valence-electron chi connectivity index (χ2n) is 5.11. The van der Waals surface area contributed by atoms with Crippen LogP contribution in [0.4, 0.5) is 4.39 Å². The Hall–Kier alpha value is -1.11. The fourth-order valence-corrected chi connectivity index (χ4v) is 4.22. The number of nitrogens with zero attached hydrogens (tertiary/aromatic N) is 1. The molecule has 2 heterocycles. The highest BCUT2D eigenvalue weighted by molar-refractivity contribution is 8.13. The number of amidine groups is 1. The molecule has 6 heteroatoms. The summed E-state index contributed by atoms with van der Waals surface area (Å²) in [6.45, 7) is 0.356. The third-order valence-electron chi connectivity index (χ3n) is 4.12. The first-order valence-electron chi connectivity index (χ1n) is 6.63. The van der Waals surface area contributed by atoms with Gasteiger partial charge < -0.3 is 15.6 Å². The van der Waals surface area contributed by atoms with Gasteiger partial charge in [-0.25, -0.2) is 4.39 Å². The van der Waals surface area contributed by atoms with Crippen LogP contribution in [0, 0.1) is 11.7 Å². The van der Waals surface area contributed by atoms with E-state index in [0.717, 1.165) is 0 Å². The quantitative estimate of drug-likeness (QED) is 0.867. The number of fused-ring (bicyclic) bond motifs is 1. The van der Waals surface area contributed by atoms with Crippen LogP contribution in [0.1, 0.15) is 12.0 Å². The molecule has 108 valence electrons. The summed E-state index contributed by atoms with van der Waals surface area (Å²) < 4.78 is 19.9. The van der Waals surface area contributed by atoms with Gasteiger partial charge in [0.1, 0.15) is 5.82 Å². The van der Waals surface area contributed by atoms with Gasteiger partial charge in [0.25, 0.3) is 0 Å². The van der Waals surface area contributed by atoms with Crippen molar-refractivity contribution >= 4 is 16.9 Å². The van der Waals surface area contributed by atoms with Crippen molar-refractivity contribution in [3.05, 3.63) is 35.6 Å². The molecule has 0 aromatic heterocycles. The van der Waals surface area contributed by atoms with Crippen LogP contribution in [0.2, 0.25) is 0 Å². The highest BCUT2D eigenvalue weighted by atomic mass is 32.2. The summed E-state index contributed by atoms with van der Waals surface area (Å²) >= 11 is 1.44. The average molecular weight is 296 g/mol. The van der Waals surface area contributed by atoms with Crippen molar-refractivity contribution in [3.63, 3.8) is 0 Å². The smallest absolute Gasteiger partial charge is 0.154 e. The van der Waals surface area contributed by atoms with Gasteiger partial charge in [0.05, 0.1) is 18.2 Å². The number of aliphatic hydroxyl groups is 1. The van der Waals surface area contributed by atoms with Crippen molar-refractivity contribution in [2.24, 2.45) is 16.6 Å². The van der Waals surface area contributed by atoms with Crippen molar-refractivity contribution in [3.8, 4) is 0 Å². The molecule has 0 amide bonds. The van der Waals surface area contributed by atoms with Crippen molar-refractivity contribution in [2.45, 2.75) is 18.1 Å². The maximum Gasteiger partial charge on any atom is 0.154 e. The van der Waals surface area contributed by atoms with E-state index in [2.05, 4.69) is 4.99 Å². The number of rotatable bonds is 2. The number of aliphatic imine (C=N–C) groups is 1. The summed E-state index contributed by atoms with van der Waals surface area (Å²) in [5.41, 5.74) is 5.72. The van der Waals surface area contributed by atoms with Crippen LogP contribution < -0.4 is 5.73 Å². The Morgan fingerprint density at radius 1 is 1.50 bits per heavy atom. The first-order chi connectivity index (χ1) is 9.67. The standard InChI is InChI=1S/C14H17FN2O2S/c15-11-4-2-1-3-9(11)14-5-6-19-12(7-18)10(14)8-20-13(16)17-14/h1-4,10,12,18H,5-8H2,(H2,16,17)/t10-,12-,14-/m1/s1. The molecule has 0 bridgehead atoms. The minimum atomic E-state index is -0.716. The number of aliphatic hydroxyl groups excluding tert-OH is 1. The average Bonchev–Trinajstić information content (AvgIpc) is 2.46. The Morgan fingerprint density at radius 3 is 3.05 bits per heavy atom. The fraction of sp³-hybridized carbons (Fsp3) is 0.500. The van der Waals surface area contributed by atoms with Gasteiger partial charge in [-0.3, -0.25) is 4.99 Å². The Labute approximate surface area is 121 Å². The van der Waals surface area contributed by atoms with Crippen LogP contribution in [0.3, 0.4) is 0 Å². The minimum absolute atomic E-state index is 0.0737. The Kier molecular flexibility index (Phi) is 3.70. The van der Waals surface area contributed by atoms with Gasteiger partial charge in [0.15, 0.2) is 5.17 Å². The summed E-state index contributed by atoms with van der Waals surface area (Å²) in [4.78, 5) is 4.59. The largest absolute Gasteiger partial charge is 0.394 e. The molecule has 2 aliphatic rings. The Bertz CT molecular complexity index is 540. The molecule has 0 unspecified atom stereocenters. The first kappa shape index (κ1) is 13.9. The molecule has 1 aromatic rings. The van der Waals surface area contributed by atoms with Crippen LogP contribution in [0.15, 0.2) is 29.3 Å². The van der Waals surface area contributed by atoms with E-state index >= 15 is 0 Å². The Balaban J connectivity index is 2.13. The summed E-state index contributed by atoms with van der Waals surface area (Å²) in [5.74, 6) is 0.324. The van der Waals surface area contributed by atoms with Crippen LogP contribution in [-0.4, -0.2) is 35.3 Å². The molecular formula is C14H17FN2O2S. The number of halogens is 1. The van der Waals surface area contributed by atoms with Gasteiger partial charge >= 0.3 is 0 Å². The van der Waals surface area contributed by atoms with E-state index in [1.54, 1.807) is 18.2 Å². The highest BCUT2D eigenvalue weighted by Gasteiger charge is 2.50. The van der Waals surface area contributed by atoms with E-state index in [1.807, 2.05) is 0 Å². The van der Waals surface area contributed by atoms with Gasteiger partial charge in [-0.15, -0.1) is 0 Å². The molecule has 1 aromatic carbocycles. The van der Waals surface area contributed by atoms with E-state index in [-0.39, 0.29) is 24.4 Å². The van der Waals surface area contributed by atoms with E-state index in [4.69, 9.17) is 10.5 Å². The van der Waals surface area contributed by atoms with Crippen LogP contribution >= 0.6 is 11.8 Å². The molecule has 0 spiro atoms. The molecule has 4 nitrogen and oxygen atoms in total. The predicted octanol–water partition coefficient (Wildman–Crippen LogP) is 1.48. The van der Waals surface area contributed by atoms with Gasteiger partial charge in [0, 0.05) is 30.3 Å². The zero-order valence-corrected chi connectivity index (χ0v) is 11.8. The number of hydrogen-bond donors (Lipinski definition) is 2. The molecule has 3 rings (SSSR count). The molecular weight excluding hydrogens is 279 g/mol. The van der Waals surface area contributed by atoms with Gasteiger partial charge in [0.2, 0.25) is 0 Å². The maximum atomic E-state index is 14.3. The van der Waals surface area contributed by atoms with E-state index in [0.29, 0.717) is 29.5 Å². The zero-order chi connectivity index (χ0) is 14.2. The molecule has 1 fully saturated rings. The summed E-state index contributed by atoms with van der Waals surface area (Å²) in [6, 6.07) is 6.67. The summed E-state index contributed by atoms with van der Waals surface area (Å²) in [5, 5.41) is 9.99. The lowest BCUT2D eigenvalue weighted by atomic mass is 9.72. The van der Waals surface area contributed by atoms with Crippen molar-refractivity contribution in [1.82, 2.24) is 0 Å². The van der Waals surface area contributed by atoms with Crippen LogP contribution in [0.25, 0.3) is 0 Å². The van der Waals surface area contributed by atoms with Crippen molar-refractivity contribution in [2.75, 3.05) is 19.0 Å². The zero-order valence-electron chi connectivity index (χ0n) is 11.0. The molecule has 0 saturated carbocycles. The lowest BCUT2D eigenvalue weighted by Gasteiger charge is -2.47. The molecule has 3 N–H and O–H groups in total. The first-order valence-corrected chi connectivity index (χ1v) is 7.61. The minimum Gasteiger partial charge on any atom is -0.394 e. The topological polar surface area (TPSA) is 67.8 Å². The Morgan fingerprint density at radius 2 is 2.30 bits per heavy atom. The number of ether oxygens (including phenoxy) is 1. The molecule has 1 saturated heterocycles. The molecule has 0 radical (unpaired) electrons. The number of thioether (sulfide) groups is 1. The van der Waals surface area contributed by atoms with E-state index in [9.17, 15) is 9.50 Å². The maximum absolute atomic E-state index is 14.3. The summed E-state index contributed by atoms with van der Waals surface area (Å²) in [7, 11) is 0. The number of nitrogens with two attached hydrogens (primary N) is 1. The summed E-state index contributed by atoms with van der Waals surface area (Å²) in [6.07, 6.45) is 0.254. The highest BCUT2D eigenvalue weighted by Crippen LogP contribution is 2.48. The van der Waals surface area contributed by atoms with Crippen molar-refractivity contribution < 1.29 is 14.2 Å². The van der Waals surface area contributed by atoms with E-state index in [1.165, 1.54) is 17.8 Å². The van der Waals surface area contributed by atoms with Crippen LogP contribution in [0.5, 0.6) is 0 Å². The van der Waals surface area contributed by atoms with Crippen LogP contribution in [-0.2, 0) is 10.3 Å². The SMILES string of the molecule is NC1=N[C@@]2(c3ccccc3F)CCO[C@H](CO)[C@H]2CS1. The second kappa shape index (κ2) is 5.35. The number of hydrogen-bond acceptors (Lipinski definition) is 5. The lowest BCUT2D eigenvalue weighted by molar-refractivity contribution is -0.0845. The molecule has 0 aliphatic carbocycles. The van der Waals surface area contributed by atoms with Gasteiger partial charge in [-0.1, -0.05) is 30.0 Å². The van der Waals surface area contributed by atoms with Gasteiger partial charge in [-0.2, -0.15) is 0 Å². The normalized spacial score (nSPS) is 33.4. The second-order valence-corrected chi connectivity index (χ2v) is 6.15. The third-order valence-corrected chi connectivity index (χ3v) is 5.03. The van der Waals surface area contributed by atoms with Gasteiger partial charge in [-0.05, 0) is 6.07 Å². The van der Waals surface area contributed by atoms with E-state index < -0.39 is 5.54 Å². The lowest BCUT2D eigenvalue weighted by Crippen LogP contribution is -2.52.